The molecule has 1 saturated heterocycles. The monoisotopic (exact) mass is 309 g/mol. The molecule has 1 saturated carbocycles. The van der Waals surface area contributed by atoms with Gasteiger partial charge < -0.3 is 15.6 Å². The third-order valence-electron chi connectivity index (χ3n) is 4.64. The molecule has 2 aromatic heterocycles. The summed E-state index contributed by atoms with van der Waals surface area (Å²) < 4.78 is 7.86. The first kappa shape index (κ1) is 13.2. The van der Waals surface area contributed by atoms with Crippen LogP contribution in [0.4, 0.5) is 5.95 Å². The first-order chi connectivity index (χ1) is 10.0. The maximum absolute atomic E-state index is 10.1. The van der Waals surface area contributed by atoms with E-state index in [2.05, 4.69) is 21.9 Å². The molecule has 0 bridgehead atoms. The van der Waals surface area contributed by atoms with Crippen molar-refractivity contribution in [3.63, 3.8) is 0 Å². The van der Waals surface area contributed by atoms with Gasteiger partial charge in [0, 0.05) is 0 Å². The molecule has 3 heterocycles. The van der Waals surface area contributed by atoms with Gasteiger partial charge in [0.1, 0.15) is 11.7 Å². The van der Waals surface area contributed by atoms with Crippen LogP contribution in [-0.2, 0) is 4.74 Å². The van der Waals surface area contributed by atoms with Gasteiger partial charge in [-0.1, -0.05) is 18.5 Å². The number of hydrogen-bond acceptors (Lipinski definition) is 6. The fourth-order valence-electron chi connectivity index (χ4n) is 3.61. The van der Waals surface area contributed by atoms with Crippen LogP contribution in [0.5, 0.6) is 0 Å². The number of ether oxygens (including phenoxy) is 1. The quantitative estimate of drug-likeness (QED) is 0.772. The van der Waals surface area contributed by atoms with Gasteiger partial charge in [0.25, 0.3) is 0 Å². The van der Waals surface area contributed by atoms with Crippen LogP contribution in [0.25, 0.3) is 11.2 Å². The number of anilines is 1. The average Bonchev–Trinajstić information content (AvgIpc) is 3.06. The molecule has 21 heavy (non-hydrogen) atoms. The summed E-state index contributed by atoms with van der Waals surface area (Å²) in [5.74, 6) is 0.922. The van der Waals surface area contributed by atoms with Gasteiger partial charge in [-0.2, -0.15) is 9.97 Å². The summed E-state index contributed by atoms with van der Waals surface area (Å²) in [6.45, 7) is 2.16. The van der Waals surface area contributed by atoms with Crippen molar-refractivity contribution >= 4 is 28.7 Å². The van der Waals surface area contributed by atoms with Gasteiger partial charge in [-0.25, -0.2) is 4.98 Å². The van der Waals surface area contributed by atoms with Crippen molar-refractivity contribution in [2.24, 2.45) is 11.8 Å². The molecule has 7 nitrogen and oxygen atoms in total. The highest BCUT2D eigenvalue weighted by Gasteiger charge is 2.48. The minimum Gasteiger partial charge on any atom is -0.390 e. The summed E-state index contributed by atoms with van der Waals surface area (Å²) >= 11 is 6.04. The number of aromatic nitrogens is 4. The Balaban J connectivity index is 1.72. The molecule has 4 rings (SSSR count). The van der Waals surface area contributed by atoms with Gasteiger partial charge >= 0.3 is 0 Å². The third-order valence-corrected chi connectivity index (χ3v) is 4.90. The maximum atomic E-state index is 10.1. The highest BCUT2D eigenvalue weighted by molar-refractivity contribution is 6.33. The lowest BCUT2D eigenvalue weighted by atomic mass is 9.95. The third kappa shape index (κ3) is 1.91. The maximum Gasteiger partial charge on any atom is 0.223 e. The number of halogens is 1. The summed E-state index contributed by atoms with van der Waals surface area (Å²) in [5, 5.41) is 10.3. The van der Waals surface area contributed by atoms with E-state index < -0.39 is 6.10 Å². The van der Waals surface area contributed by atoms with Gasteiger partial charge in [-0.15, -0.1) is 0 Å². The summed E-state index contributed by atoms with van der Waals surface area (Å²) in [6, 6.07) is 0. The molecule has 112 valence electrons. The van der Waals surface area contributed by atoms with Crippen LogP contribution >= 0.6 is 11.6 Å². The van der Waals surface area contributed by atoms with Crippen molar-refractivity contribution in [3.05, 3.63) is 11.5 Å². The molecule has 0 spiro atoms. The number of nitrogens with zero attached hydrogens (tertiary/aromatic N) is 4. The molecule has 5 atom stereocenters. The largest absolute Gasteiger partial charge is 0.390 e. The zero-order valence-corrected chi connectivity index (χ0v) is 12.2. The number of aliphatic hydroxyl groups is 1. The lowest BCUT2D eigenvalue weighted by Crippen LogP contribution is -2.23. The molecule has 0 aromatic carbocycles. The van der Waals surface area contributed by atoms with Crippen molar-refractivity contribution in [3.8, 4) is 0 Å². The number of aliphatic hydroxyl groups excluding tert-OH is 1. The van der Waals surface area contributed by atoms with Crippen LogP contribution in [0.3, 0.4) is 0 Å². The molecule has 1 aliphatic heterocycles. The second kappa shape index (κ2) is 4.53. The predicted octanol–water partition coefficient (Wildman–Crippen LogP) is 1.37. The van der Waals surface area contributed by atoms with Crippen molar-refractivity contribution in [2.75, 3.05) is 5.73 Å². The molecular formula is C13H16ClN5O2. The average molecular weight is 310 g/mol. The number of nitrogens with two attached hydrogens (primary N) is 1. The molecule has 0 radical (unpaired) electrons. The van der Waals surface area contributed by atoms with Gasteiger partial charge in [0.05, 0.1) is 18.5 Å². The van der Waals surface area contributed by atoms with Crippen LogP contribution in [0.15, 0.2) is 6.33 Å². The Morgan fingerprint density at radius 1 is 1.43 bits per heavy atom. The summed E-state index contributed by atoms with van der Waals surface area (Å²) in [4.78, 5) is 12.4. The SMILES string of the molecule is C[C@@H]1C[C@@H](O)[C@H]2OC(n3cnc4c(Cl)nc(N)nc43)C[C@H]21. The molecule has 2 aliphatic rings. The van der Waals surface area contributed by atoms with Crippen LogP contribution in [0, 0.1) is 11.8 Å². The second-order valence-electron chi connectivity index (χ2n) is 5.93. The highest BCUT2D eigenvalue weighted by Crippen LogP contribution is 2.46. The van der Waals surface area contributed by atoms with E-state index in [1.54, 1.807) is 6.33 Å². The summed E-state index contributed by atoms with van der Waals surface area (Å²) in [5.41, 5.74) is 6.74. The Bertz CT molecular complexity index is 689. The number of rotatable bonds is 1. The molecular weight excluding hydrogens is 294 g/mol. The minimum atomic E-state index is -0.395. The normalized spacial score (nSPS) is 35.5. The van der Waals surface area contributed by atoms with Crippen LogP contribution in [-0.4, -0.2) is 36.8 Å². The molecule has 0 amide bonds. The predicted molar refractivity (Wildman–Crippen MR) is 76.6 cm³/mol. The van der Waals surface area contributed by atoms with E-state index in [4.69, 9.17) is 22.1 Å². The zero-order valence-electron chi connectivity index (χ0n) is 11.5. The fraction of sp³-hybridized carbons (Fsp3) is 0.615. The zero-order chi connectivity index (χ0) is 14.7. The summed E-state index contributed by atoms with van der Waals surface area (Å²) in [6.07, 6.45) is 2.56. The molecule has 2 fully saturated rings. The first-order valence-electron chi connectivity index (χ1n) is 7.03. The van der Waals surface area contributed by atoms with E-state index in [1.807, 2.05) is 4.57 Å². The molecule has 1 unspecified atom stereocenters. The van der Waals surface area contributed by atoms with Gasteiger partial charge in [0.15, 0.2) is 10.8 Å². The smallest absolute Gasteiger partial charge is 0.223 e. The van der Waals surface area contributed by atoms with E-state index >= 15 is 0 Å². The Morgan fingerprint density at radius 2 is 2.24 bits per heavy atom. The van der Waals surface area contributed by atoms with E-state index in [9.17, 15) is 5.11 Å². The topological polar surface area (TPSA) is 99.1 Å². The first-order valence-corrected chi connectivity index (χ1v) is 7.41. The van der Waals surface area contributed by atoms with Crippen molar-refractivity contribution < 1.29 is 9.84 Å². The van der Waals surface area contributed by atoms with E-state index in [1.165, 1.54) is 0 Å². The van der Waals surface area contributed by atoms with E-state index in [-0.39, 0.29) is 23.4 Å². The van der Waals surface area contributed by atoms with Crippen molar-refractivity contribution in [2.45, 2.75) is 38.2 Å². The lowest BCUT2D eigenvalue weighted by Gasteiger charge is -2.17. The van der Waals surface area contributed by atoms with E-state index in [0.717, 1.165) is 12.8 Å². The number of fused-ring (bicyclic) bond motifs is 2. The van der Waals surface area contributed by atoms with Crippen LogP contribution < -0.4 is 5.73 Å². The standard InChI is InChI=1S/C13H16ClN5O2/c1-5-2-7(20)10-6(5)3-8(21-10)19-4-16-9-11(14)17-13(15)18-12(9)19/h4-8,10,20H,2-3H2,1H3,(H2,15,17,18)/t5-,6+,7-,8?,10+/m1/s1. The van der Waals surface area contributed by atoms with Crippen LogP contribution in [0.1, 0.15) is 26.0 Å². The molecule has 8 heteroatoms. The van der Waals surface area contributed by atoms with Crippen molar-refractivity contribution in [1.29, 1.82) is 0 Å². The highest BCUT2D eigenvalue weighted by atomic mass is 35.5. The Kier molecular flexibility index (Phi) is 2.85. The van der Waals surface area contributed by atoms with E-state index in [0.29, 0.717) is 23.0 Å². The van der Waals surface area contributed by atoms with Gasteiger partial charge in [-0.05, 0) is 24.7 Å². The summed E-state index contributed by atoms with van der Waals surface area (Å²) in [7, 11) is 0. The molecule has 2 aromatic rings. The second-order valence-corrected chi connectivity index (χ2v) is 6.29. The number of imidazole rings is 1. The van der Waals surface area contributed by atoms with Crippen molar-refractivity contribution in [1.82, 2.24) is 19.5 Å². The molecule has 3 N–H and O–H groups in total. The Hall–Kier alpha value is -1.44. The van der Waals surface area contributed by atoms with Gasteiger partial charge in [0.2, 0.25) is 5.95 Å². The minimum absolute atomic E-state index is 0.112. The lowest BCUT2D eigenvalue weighted by molar-refractivity contribution is -0.0525. The molecule has 1 aliphatic carbocycles. The van der Waals surface area contributed by atoms with Crippen LogP contribution in [0.2, 0.25) is 5.15 Å². The number of hydrogen-bond donors (Lipinski definition) is 2. The Morgan fingerprint density at radius 3 is 3.00 bits per heavy atom. The number of nitrogen functional groups attached to an aromatic ring is 1. The van der Waals surface area contributed by atoms with Gasteiger partial charge in [-0.3, -0.25) is 4.57 Å². The Labute approximate surface area is 126 Å². The fourth-order valence-corrected chi connectivity index (χ4v) is 3.83.